The van der Waals surface area contributed by atoms with E-state index in [0.717, 1.165) is 55.1 Å². The van der Waals surface area contributed by atoms with E-state index < -0.39 is 0 Å². The Hall–Kier alpha value is -6.39. The molecule has 0 radical (unpaired) electrons. The van der Waals surface area contributed by atoms with Crippen molar-refractivity contribution >= 4 is 32.7 Å². The zero-order valence-corrected chi connectivity index (χ0v) is 26.3. The fourth-order valence-corrected chi connectivity index (χ4v) is 6.70. The molecule has 48 heavy (non-hydrogen) atoms. The molecule has 2 aromatic heterocycles. The summed E-state index contributed by atoms with van der Waals surface area (Å²) < 4.78 is 6.65. The monoisotopic (exact) mass is 615 g/mol. The molecule has 7 aromatic carbocycles. The predicted molar refractivity (Wildman–Crippen MR) is 197 cm³/mol. The first-order valence-corrected chi connectivity index (χ1v) is 16.1. The molecule has 9 rings (SSSR count). The van der Waals surface area contributed by atoms with E-state index in [1.807, 2.05) is 60.7 Å². The van der Waals surface area contributed by atoms with Crippen molar-refractivity contribution in [2.75, 3.05) is 0 Å². The lowest BCUT2D eigenvalue weighted by Crippen LogP contribution is -2.00. The molecule has 4 nitrogen and oxygen atoms in total. The van der Waals surface area contributed by atoms with Crippen molar-refractivity contribution in [2.45, 2.75) is 6.92 Å². The Morgan fingerprint density at radius 3 is 1.62 bits per heavy atom. The number of aromatic nitrogens is 3. The van der Waals surface area contributed by atoms with Gasteiger partial charge >= 0.3 is 0 Å². The highest BCUT2D eigenvalue weighted by Crippen LogP contribution is 2.43. The summed E-state index contributed by atoms with van der Waals surface area (Å²) in [7, 11) is 0. The fourth-order valence-electron chi connectivity index (χ4n) is 6.70. The highest BCUT2D eigenvalue weighted by Gasteiger charge is 2.19. The average molecular weight is 616 g/mol. The quantitative estimate of drug-likeness (QED) is 0.193. The summed E-state index contributed by atoms with van der Waals surface area (Å²) in [5, 5.41) is 4.47. The summed E-state index contributed by atoms with van der Waals surface area (Å²) in [5.74, 6) is 1.91. The first-order valence-electron chi connectivity index (χ1n) is 16.1. The van der Waals surface area contributed by atoms with Crippen LogP contribution in [-0.4, -0.2) is 15.0 Å². The maximum absolute atomic E-state index is 6.65. The topological polar surface area (TPSA) is 51.8 Å². The minimum Gasteiger partial charge on any atom is -0.455 e. The van der Waals surface area contributed by atoms with Gasteiger partial charge in [0.1, 0.15) is 11.2 Å². The molecule has 4 heteroatoms. The zero-order valence-electron chi connectivity index (χ0n) is 26.3. The summed E-state index contributed by atoms with van der Waals surface area (Å²) in [6.07, 6.45) is 0. The van der Waals surface area contributed by atoms with Crippen molar-refractivity contribution in [2.24, 2.45) is 0 Å². The van der Waals surface area contributed by atoms with Gasteiger partial charge in [0.05, 0.1) is 0 Å². The molecular formula is C44H29N3O. The van der Waals surface area contributed by atoms with Crippen LogP contribution in [0.1, 0.15) is 5.56 Å². The van der Waals surface area contributed by atoms with Crippen LogP contribution < -0.4 is 0 Å². The zero-order chi connectivity index (χ0) is 32.0. The van der Waals surface area contributed by atoms with Crippen LogP contribution in [0.25, 0.3) is 89.1 Å². The molecule has 9 aromatic rings. The van der Waals surface area contributed by atoms with Gasteiger partial charge in [-0.25, -0.2) is 15.0 Å². The van der Waals surface area contributed by atoms with Crippen molar-refractivity contribution < 1.29 is 4.42 Å². The van der Waals surface area contributed by atoms with Crippen molar-refractivity contribution in [1.82, 2.24) is 15.0 Å². The number of hydrogen-bond donors (Lipinski definition) is 0. The molecule has 0 unspecified atom stereocenters. The number of rotatable bonds is 5. The number of benzene rings is 7. The van der Waals surface area contributed by atoms with Crippen LogP contribution in [0.15, 0.2) is 162 Å². The second kappa shape index (κ2) is 11.4. The van der Waals surface area contributed by atoms with E-state index in [1.165, 1.54) is 22.1 Å². The van der Waals surface area contributed by atoms with Crippen molar-refractivity contribution in [3.63, 3.8) is 0 Å². The third-order valence-electron chi connectivity index (χ3n) is 8.96. The molecule has 0 saturated carbocycles. The van der Waals surface area contributed by atoms with E-state index in [4.69, 9.17) is 19.4 Å². The summed E-state index contributed by atoms with van der Waals surface area (Å²) in [5.41, 5.74) is 10.3. The van der Waals surface area contributed by atoms with Crippen LogP contribution in [0.2, 0.25) is 0 Å². The predicted octanol–water partition coefficient (Wildman–Crippen LogP) is 11.6. The summed E-state index contributed by atoms with van der Waals surface area (Å²) >= 11 is 0. The molecule has 0 spiro atoms. The Labute approximate surface area is 278 Å². The molecule has 0 fully saturated rings. The van der Waals surface area contributed by atoms with Gasteiger partial charge in [-0.2, -0.15) is 0 Å². The molecular weight excluding hydrogens is 587 g/mol. The molecule has 2 heterocycles. The van der Waals surface area contributed by atoms with Gasteiger partial charge in [-0.3, -0.25) is 0 Å². The Kier molecular flexibility index (Phi) is 6.65. The number of furan rings is 1. The maximum atomic E-state index is 6.65. The molecule has 0 aliphatic carbocycles. The summed E-state index contributed by atoms with van der Waals surface area (Å²) in [6, 6.07) is 54.5. The largest absolute Gasteiger partial charge is 0.455 e. The second-order valence-corrected chi connectivity index (χ2v) is 12.1. The van der Waals surface area contributed by atoms with Gasteiger partial charge in [0.25, 0.3) is 0 Å². The minimum absolute atomic E-state index is 0.626. The minimum atomic E-state index is 0.626. The second-order valence-electron chi connectivity index (χ2n) is 12.1. The van der Waals surface area contributed by atoms with E-state index in [0.29, 0.717) is 17.5 Å². The van der Waals surface area contributed by atoms with Gasteiger partial charge in [-0.05, 0) is 52.8 Å². The van der Waals surface area contributed by atoms with Gasteiger partial charge in [0.2, 0.25) is 0 Å². The standard InChI is InChI=1S/C44H29N3O/c1-28-13-10-18-31(25-28)37-27-38-40-34(23-12-24-39(40)48-41(38)36-22-9-8-21-35(36)37)32-19-11-20-33(26-32)44-46-42(29-14-4-2-5-15-29)45-43(47-44)30-16-6-3-7-17-30/h2-27H,1H3. The molecule has 0 aliphatic heterocycles. The van der Waals surface area contributed by atoms with Crippen LogP contribution >= 0.6 is 0 Å². The average Bonchev–Trinajstić information content (AvgIpc) is 3.54. The van der Waals surface area contributed by atoms with Crippen LogP contribution in [0.3, 0.4) is 0 Å². The van der Waals surface area contributed by atoms with Crippen LogP contribution in [0, 0.1) is 6.92 Å². The maximum Gasteiger partial charge on any atom is 0.164 e. The first-order chi connectivity index (χ1) is 23.7. The summed E-state index contributed by atoms with van der Waals surface area (Å²) in [6.45, 7) is 2.14. The molecule has 0 bridgehead atoms. The van der Waals surface area contributed by atoms with Crippen LogP contribution in [0.5, 0.6) is 0 Å². The van der Waals surface area contributed by atoms with E-state index >= 15 is 0 Å². The first kappa shape index (κ1) is 27.9. The highest BCUT2D eigenvalue weighted by atomic mass is 16.3. The number of hydrogen-bond acceptors (Lipinski definition) is 4. The van der Waals surface area contributed by atoms with Gasteiger partial charge in [0, 0.05) is 32.8 Å². The molecule has 0 atom stereocenters. The Balaban J connectivity index is 1.25. The third-order valence-corrected chi connectivity index (χ3v) is 8.96. The van der Waals surface area contributed by atoms with E-state index in [1.54, 1.807) is 0 Å². The smallest absolute Gasteiger partial charge is 0.164 e. The molecule has 0 N–H and O–H groups in total. The molecule has 226 valence electrons. The molecule has 0 aliphatic rings. The Morgan fingerprint density at radius 1 is 0.396 bits per heavy atom. The van der Waals surface area contributed by atoms with E-state index in [2.05, 4.69) is 104 Å². The van der Waals surface area contributed by atoms with Crippen molar-refractivity contribution in [3.05, 3.63) is 163 Å². The number of nitrogens with zero attached hydrogens (tertiary/aromatic N) is 3. The summed E-state index contributed by atoms with van der Waals surface area (Å²) in [4.78, 5) is 14.8. The highest BCUT2D eigenvalue weighted by molar-refractivity contribution is 6.22. The lowest BCUT2D eigenvalue weighted by atomic mass is 9.92. The van der Waals surface area contributed by atoms with Gasteiger partial charge in [-0.1, -0.05) is 145 Å². The van der Waals surface area contributed by atoms with E-state index in [-0.39, 0.29) is 0 Å². The molecule has 0 saturated heterocycles. The third kappa shape index (κ3) is 4.83. The lowest BCUT2D eigenvalue weighted by Gasteiger charge is -2.11. The molecule has 0 amide bonds. The van der Waals surface area contributed by atoms with Crippen LogP contribution in [0.4, 0.5) is 0 Å². The fraction of sp³-hybridized carbons (Fsp3) is 0.0227. The number of aryl methyl sites for hydroxylation is 1. The lowest BCUT2D eigenvalue weighted by molar-refractivity contribution is 0.673. The van der Waals surface area contributed by atoms with Gasteiger partial charge in [-0.15, -0.1) is 0 Å². The van der Waals surface area contributed by atoms with Gasteiger partial charge < -0.3 is 4.42 Å². The normalized spacial score (nSPS) is 11.4. The van der Waals surface area contributed by atoms with Crippen LogP contribution in [-0.2, 0) is 0 Å². The van der Waals surface area contributed by atoms with E-state index in [9.17, 15) is 0 Å². The Morgan fingerprint density at radius 2 is 0.938 bits per heavy atom. The number of fused-ring (bicyclic) bond motifs is 5. The SMILES string of the molecule is Cc1cccc(-c2cc3c(oc4cccc(-c5cccc(-c6nc(-c7ccccc7)nc(-c7ccccc7)n6)c5)c43)c3ccccc23)c1. The Bertz CT molecular complexity index is 2570. The van der Waals surface area contributed by atoms with Crippen molar-refractivity contribution in [1.29, 1.82) is 0 Å². The van der Waals surface area contributed by atoms with Crippen molar-refractivity contribution in [3.8, 4) is 56.4 Å². The van der Waals surface area contributed by atoms with Gasteiger partial charge in [0.15, 0.2) is 17.5 Å².